The minimum atomic E-state index is -0.575. The molecule has 3 atom stereocenters. The Morgan fingerprint density at radius 3 is 2.58 bits per heavy atom. The Labute approximate surface area is 203 Å². The number of carbonyl (C=O) groups excluding carboxylic acids is 1. The Morgan fingerprint density at radius 1 is 1.36 bits per heavy atom. The number of amides is 1. The van der Waals surface area contributed by atoms with Crippen molar-refractivity contribution in [1.82, 2.24) is 15.5 Å². The van der Waals surface area contributed by atoms with E-state index in [2.05, 4.69) is 16.7 Å². The highest BCUT2D eigenvalue weighted by Crippen LogP contribution is 2.23. The van der Waals surface area contributed by atoms with Crippen LogP contribution in [0, 0.1) is 11.3 Å². The number of hydrogen-bond donors (Lipinski definition) is 3. The number of halogens is 1. The smallest absolute Gasteiger partial charge is 0.241 e. The van der Waals surface area contributed by atoms with Gasteiger partial charge in [0.25, 0.3) is 0 Å². The van der Waals surface area contributed by atoms with Gasteiger partial charge in [-0.05, 0) is 75.4 Å². The maximum absolute atomic E-state index is 12.7. The van der Waals surface area contributed by atoms with Gasteiger partial charge < -0.3 is 20.6 Å². The van der Waals surface area contributed by atoms with Gasteiger partial charge in [-0.1, -0.05) is 43.2 Å². The van der Waals surface area contributed by atoms with Crippen molar-refractivity contribution >= 4 is 23.1 Å². The van der Waals surface area contributed by atoms with Gasteiger partial charge >= 0.3 is 0 Å². The molecule has 0 aliphatic heterocycles. The van der Waals surface area contributed by atoms with Crippen LogP contribution in [0.3, 0.4) is 0 Å². The molecule has 0 heterocycles. The summed E-state index contributed by atoms with van der Waals surface area (Å²) in [5.74, 6) is -0.127. The highest BCUT2D eigenvalue weighted by molar-refractivity contribution is 6.31. The zero-order valence-electron chi connectivity index (χ0n) is 20.5. The lowest BCUT2D eigenvalue weighted by atomic mass is 10.0. The Morgan fingerprint density at radius 2 is 2.06 bits per heavy atom. The standard InChI is InChI=1S/C26H37ClN4O2/c1-7-9-21(19(4)32)15-25(29-5)26(33)30-18(3)17-31(6)13-12-20(8-2)22-10-11-23(16-28)24(27)14-22/h8,10-15,18-19,25,29,32H,7,9,17H2,1-6H3,(H,30,33)/b13-12-,20-8+,21-15+. The third-order valence-electron chi connectivity index (χ3n) is 5.24. The van der Waals surface area contributed by atoms with Crippen LogP contribution in [-0.4, -0.2) is 54.7 Å². The maximum atomic E-state index is 12.7. The molecule has 0 radical (unpaired) electrons. The lowest BCUT2D eigenvalue weighted by Crippen LogP contribution is -2.47. The molecule has 1 aromatic carbocycles. The zero-order chi connectivity index (χ0) is 25.0. The summed E-state index contributed by atoms with van der Waals surface area (Å²) in [5, 5.41) is 25.5. The molecule has 3 unspecified atom stereocenters. The molecule has 6 nitrogen and oxygen atoms in total. The molecule has 1 aromatic rings. The van der Waals surface area contributed by atoms with Crippen LogP contribution in [0.2, 0.25) is 5.02 Å². The van der Waals surface area contributed by atoms with Crippen LogP contribution in [-0.2, 0) is 4.79 Å². The highest BCUT2D eigenvalue weighted by atomic mass is 35.5. The summed E-state index contributed by atoms with van der Waals surface area (Å²) < 4.78 is 0. The van der Waals surface area contributed by atoms with Gasteiger partial charge in [-0.25, -0.2) is 0 Å². The van der Waals surface area contributed by atoms with E-state index in [9.17, 15) is 9.90 Å². The molecule has 3 N–H and O–H groups in total. The lowest BCUT2D eigenvalue weighted by molar-refractivity contribution is -0.122. The fraction of sp³-hybridized carbons (Fsp3) is 0.462. The van der Waals surface area contributed by atoms with Gasteiger partial charge in [0.1, 0.15) is 12.1 Å². The minimum absolute atomic E-state index is 0.0870. The largest absolute Gasteiger partial charge is 0.389 e. The molecule has 33 heavy (non-hydrogen) atoms. The third-order valence-corrected chi connectivity index (χ3v) is 5.56. The van der Waals surface area contributed by atoms with E-state index < -0.39 is 12.1 Å². The van der Waals surface area contributed by atoms with Crippen LogP contribution in [0.1, 0.15) is 51.7 Å². The Hall–Kier alpha value is -2.59. The van der Waals surface area contributed by atoms with Crippen LogP contribution in [0.5, 0.6) is 0 Å². The number of benzene rings is 1. The number of aliphatic hydroxyl groups excluding tert-OH is 1. The summed E-state index contributed by atoms with van der Waals surface area (Å²) in [6.07, 6.45) is 8.81. The SMILES string of the molecule is C/C=C(\C=C/N(C)CC(C)NC(=O)C(/C=C(\CCC)C(C)O)NC)c1ccc(C#N)c(Cl)c1. The summed E-state index contributed by atoms with van der Waals surface area (Å²) in [6, 6.07) is 6.86. The van der Waals surface area contributed by atoms with Gasteiger partial charge in [0.2, 0.25) is 5.91 Å². The normalized spacial score (nSPS) is 15.1. The molecule has 0 fully saturated rings. The van der Waals surface area contributed by atoms with E-state index in [1.165, 1.54) is 0 Å². The Kier molecular flexibility index (Phi) is 12.5. The topological polar surface area (TPSA) is 88.4 Å². The summed E-state index contributed by atoms with van der Waals surface area (Å²) >= 11 is 6.17. The fourth-order valence-electron chi connectivity index (χ4n) is 3.45. The molecule has 0 aliphatic carbocycles. The van der Waals surface area contributed by atoms with E-state index in [1.54, 1.807) is 26.1 Å². The predicted molar refractivity (Wildman–Crippen MR) is 137 cm³/mol. The number of rotatable bonds is 12. The molecule has 0 aliphatic rings. The number of nitrogens with one attached hydrogen (secondary N) is 2. The lowest BCUT2D eigenvalue weighted by Gasteiger charge is -2.23. The van der Waals surface area contributed by atoms with Crippen LogP contribution >= 0.6 is 11.6 Å². The first-order chi connectivity index (χ1) is 15.7. The van der Waals surface area contributed by atoms with Crippen LogP contribution in [0.15, 0.2) is 48.2 Å². The summed E-state index contributed by atoms with van der Waals surface area (Å²) in [7, 11) is 3.68. The molecule has 0 bridgehead atoms. The van der Waals surface area contributed by atoms with Crippen molar-refractivity contribution in [1.29, 1.82) is 5.26 Å². The van der Waals surface area contributed by atoms with Crippen LogP contribution < -0.4 is 10.6 Å². The second kappa shape index (κ2) is 14.5. The van der Waals surface area contributed by atoms with Crippen molar-refractivity contribution < 1.29 is 9.90 Å². The number of aliphatic hydroxyl groups is 1. The van der Waals surface area contributed by atoms with Gasteiger partial charge in [0, 0.05) is 19.6 Å². The zero-order valence-corrected chi connectivity index (χ0v) is 21.3. The van der Waals surface area contributed by atoms with Crippen molar-refractivity contribution in [2.75, 3.05) is 20.6 Å². The van der Waals surface area contributed by atoms with Gasteiger partial charge in [-0.2, -0.15) is 5.26 Å². The molecule has 1 rings (SSSR count). The predicted octanol–water partition coefficient (Wildman–Crippen LogP) is 4.26. The Bertz CT molecular complexity index is 915. The number of carbonyl (C=O) groups is 1. The third kappa shape index (κ3) is 9.43. The first-order valence-electron chi connectivity index (χ1n) is 11.3. The van der Waals surface area contributed by atoms with E-state index in [0.29, 0.717) is 17.1 Å². The van der Waals surface area contributed by atoms with E-state index >= 15 is 0 Å². The molecular weight excluding hydrogens is 436 g/mol. The molecule has 0 aromatic heterocycles. The van der Waals surface area contributed by atoms with Crippen molar-refractivity contribution in [3.63, 3.8) is 0 Å². The van der Waals surface area contributed by atoms with Gasteiger partial charge in [-0.15, -0.1) is 0 Å². The molecule has 0 saturated heterocycles. The van der Waals surface area contributed by atoms with E-state index in [1.807, 2.05) is 63.2 Å². The number of hydrogen-bond acceptors (Lipinski definition) is 5. The van der Waals surface area contributed by atoms with Gasteiger partial charge in [-0.3, -0.25) is 4.79 Å². The number of allylic oxidation sites excluding steroid dienone is 3. The average molecular weight is 473 g/mol. The summed E-state index contributed by atoms with van der Waals surface area (Å²) in [4.78, 5) is 14.7. The molecule has 0 saturated carbocycles. The van der Waals surface area contributed by atoms with Gasteiger partial charge in [0.05, 0.1) is 16.7 Å². The van der Waals surface area contributed by atoms with E-state index in [0.717, 1.165) is 29.6 Å². The summed E-state index contributed by atoms with van der Waals surface area (Å²) in [6.45, 7) is 8.29. The molecule has 180 valence electrons. The minimum Gasteiger partial charge on any atom is -0.389 e. The van der Waals surface area contributed by atoms with E-state index in [4.69, 9.17) is 16.9 Å². The first kappa shape index (κ1) is 28.4. The van der Waals surface area contributed by atoms with Crippen molar-refractivity contribution in [3.05, 3.63) is 64.3 Å². The number of nitrogens with zero attached hydrogens (tertiary/aromatic N) is 2. The molecule has 1 amide bonds. The number of nitriles is 1. The van der Waals surface area contributed by atoms with Crippen LogP contribution in [0.4, 0.5) is 0 Å². The first-order valence-corrected chi connectivity index (χ1v) is 11.7. The second-order valence-corrected chi connectivity index (χ2v) is 8.56. The second-order valence-electron chi connectivity index (χ2n) is 8.15. The number of likely N-dealkylation sites (N-methyl/N-ethyl adjacent to an activating group) is 2. The Balaban J connectivity index is 2.76. The molecular formula is C26H37ClN4O2. The maximum Gasteiger partial charge on any atom is 0.241 e. The van der Waals surface area contributed by atoms with Crippen LogP contribution in [0.25, 0.3) is 5.57 Å². The highest BCUT2D eigenvalue weighted by Gasteiger charge is 2.18. The summed E-state index contributed by atoms with van der Waals surface area (Å²) in [5.41, 5.74) is 3.22. The molecule has 0 spiro atoms. The molecule has 7 heteroatoms. The van der Waals surface area contributed by atoms with E-state index in [-0.39, 0.29) is 11.9 Å². The monoisotopic (exact) mass is 472 g/mol. The van der Waals surface area contributed by atoms with Crippen molar-refractivity contribution in [2.24, 2.45) is 0 Å². The van der Waals surface area contributed by atoms with Crippen molar-refractivity contribution in [2.45, 2.75) is 58.7 Å². The van der Waals surface area contributed by atoms with Gasteiger partial charge in [0.15, 0.2) is 0 Å². The van der Waals surface area contributed by atoms with Crippen molar-refractivity contribution in [3.8, 4) is 6.07 Å². The quantitative estimate of drug-likeness (QED) is 0.312. The fourth-order valence-corrected chi connectivity index (χ4v) is 3.67. The average Bonchev–Trinajstić information content (AvgIpc) is 2.76.